The minimum absolute atomic E-state index is 0.00113. The number of aromatic nitrogens is 1. The van der Waals surface area contributed by atoms with Gasteiger partial charge in [0, 0.05) is 25.7 Å². The topological polar surface area (TPSA) is 86.2 Å². The van der Waals surface area contributed by atoms with Gasteiger partial charge in [0.25, 0.3) is 5.91 Å². The predicted octanol–water partition coefficient (Wildman–Crippen LogP) is 1.89. The number of nitrogens with zero attached hydrogens (tertiary/aromatic N) is 4. The summed E-state index contributed by atoms with van der Waals surface area (Å²) in [6.45, 7) is 4.84. The number of aliphatic hydroxyl groups is 1. The molecule has 1 aromatic heterocycles. The van der Waals surface area contributed by atoms with Crippen molar-refractivity contribution in [2.75, 3.05) is 47.4 Å². The maximum absolute atomic E-state index is 13.5. The minimum Gasteiger partial charge on any atom is -0.472 e. The molecule has 176 valence electrons. The van der Waals surface area contributed by atoms with E-state index in [0.29, 0.717) is 25.2 Å². The van der Waals surface area contributed by atoms with Gasteiger partial charge in [-0.1, -0.05) is 13.0 Å². The number of hydrogen-bond acceptors (Lipinski definition) is 6. The number of pyridine rings is 1. The summed E-state index contributed by atoms with van der Waals surface area (Å²) in [5.74, 6) is 0.0465. The van der Waals surface area contributed by atoms with Crippen LogP contribution in [0.5, 0.6) is 5.88 Å². The molecule has 1 aromatic rings. The zero-order chi connectivity index (χ0) is 23.4. The van der Waals surface area contributed by atoms with Crippen molar-refractivity contribution in [1.29, 1.82) is 0 Å². The van der Waals surface area contributed by atoms with Crippen LogP contribution in [0, 0.1) is 5.92 Å². The molecule has 2 amide bonds. The van der Waals surface area contributed by atoms with Crippen LogP contribution in [0.15, 0.2) is 18.3 Å². The molecule has 0 radical (unpaired) electrons. The van der Waals surface area contributed by atoms with E-state index < -0.39 is 0 Å². The summed E-state index contributed by atoms with van der Waals surface area (Å²) in [4.78, 5) is 35.7. The van der Waals surface area contributed by atoms with E-state index in [9.17, 15) is 14.7 Å². The van der Waals surface area contributed by atoms with E-state index in [-0.39, 0.29) is 42.4 Å². The molecule has 3 rings (SSSR count). The molecular formula is C24H36N4O4. The Morgan fingerprint density at radius 1 is 1.38 bits per heavy atom. The van der Waals surface area contributed by atoms with Gasteiger partial charge in [0.05, 0.1) is 25.7 Å². The van der Waals surface area contributed by atoms with Gasteiger partial charge in [0.1, 0.15) is 11.7 Å². The molecule has 0 bridgehead atoms. The summed E-state index contributed by atoms with van der Waals surface area (Å²) in [7, 11) is 5.49. The standard InChI is InChI=1S/C24H36N4O4/c1-16-12-28(17(2)15-29)24(31)20-10-19(18-8-6-7-9-18)11-25-23(20)32-21(16)13-27(5)22(30)14-26(3)4/h8,10-11,16-17,21,29H,6-7,9,12-15H2,1-5H3/t16-,17-,21-/m0/s1. The lowest BCUT2D eigenvalue weighted by atomic mass is 9.99. The number of rotatable bonds is 7. The number of allylic oxidation sites excluding steroid dienone is 2. The van der Waals surface area contributed by atoms with Crippen molar-refractivity contribution in [2.24, 2.45) is 5.92 Å². The third-order valence-corrected chi connectivity index (χ3v) is 6.26. The third kappa shape index (κ3) is 5.48. The quantitative estimate of drug-likeness (QED) is 0.691. The number of ether oxygens (including phenoxy) is 1. The zero-order valence-electron chi connectivity index (χ0n) is 19.9. The molecule has 0 unspecified atom stereocenters. The summed E-state index contributed by atoms with van der Waals surface area (Å²) >= 11 is 0. The van der Waals surface area contributed by atoms with Crippen molar-refractivity contribution in [3.05, 3.63) is 29.5 Å². The molecule has 2 heterocycles. The van der Waals surface area contributed by atoms with Gasteiger partial charge in [-0.15, -0.1) is 0 Å². The number of fused-ring (bicyclic) bond motifs is 1. The van der Waals surface area contributed by atoms with Gasteiger partial charge in [-0.25, -0.2) is 4.98 Å². The van der Waals surface area contributed by atoms with Crippen molar-refractivity contribution >= 4 is 17.4 Å². The number of likely N-dealkylation sites (N-methyl/N-ethyl adjacent to an activating group) is 2. The Morgan fingerprint density at radius 3 is 2.75 bits per heavy atom. The fourth-order valence-electron chi connectivity index (χ4n) is 4.19. The molecule has 0 fully saturated rings. The van der Waals surface area contributed by atoms with E-state index >= 15 is 0 Å². The summed E-state index contributed by atoms with van der Waals surface area (Å²) in [6.07, 6.45) is 6.75. The lowest BCUT2D eigenvalue weighted by Gasteiger charge is -2.37. The smallest absolute Gasteiger partial charge is 0.259 e. The summed E-state index contributed by atoms with van der Waals surface area (Å²) in [5, 5.41) is 9.79. The minimum atomic E-state index is -0.338. The average molecular weight is 445 g/mol. The van der Waals surface area contributed by atoms with Crippen molar-refractivity contribution in [3.8, 4) is 5.88 Å². The van der Waals surface area contributed by atoms with Gasteiger partial charge in [-0.2, -0.15) is 0 Å². The number of aliphatic hydroxyl groups excluding tert-OH is 1. The van der Waals surface area contributed by atoms with Crippen LogP contribution >= 0.6 is 0 Å². The first kappa shape index (κ1) is 24.2. The molecule has 1 N–H and O–H groups in total. The Morgan fingerprint density at radius 2 is 2.12 bits per heavy atom. The Hall–Kier alpha value is -2.45. The predicted molar refractivity (Wildman–Crippen MR) is 123 cm³/mol. The largest absolute Gasteiger partial charge is 0.472 e. The molecule has 0 aromatic carbocycles. The molecule has 0 spiro atoms. The molecule has 8 heteroatoms. The number of carbonyl (C=O) groups is 2. The molecule has 32 heavy (non-hydrogen) atoms. The second-order valence-corrected chi connectivity index (χ2v) is 9.33. The van der Waals surface area contributed by atoms with Gasteiger partial charge in [-0.05, 0) is 57.5 Å². The third-order valence-electron chi connectivity index (χ3n) is 6.26. The van der Waals surface area contributed by atoms with E-state index in [0.717, 1.165) is 24.8 Å². The van der Waals surface area contributed by atoms with Gasteiger partial charge >= 0.3 is 0 Å². The first-order chi connectivity index (χ1) is 15.2. The summed E-state index contributed by atoms with van der Waals surface area (Å²) in [6, 6.07) is 1.53. The van der Waals surface area contributed by atoms with Gasteiger partial charge in [0.15, 0.2) is 0 Å². The molecule has 1 aliphatic heterocycles. The average Bonchev–Trinajstić information content (AvgIpc) is 3.29. The van der Waals surface area contributed by atoms with Crippen molar-refractivity contribution < 1.29 is 19.4 Å². The van der Waals surface area contributed by atoms with E-state index in [1.54, 1.807) is 23.0 Å². The molecule has 8 nitrogen and oxygen atoms in total. The molecule has 1 aliphatic carbocycles. The highest BCUT2D eigenvalue weighted by molar-refractivity contribution is 5.97. The summed E-state index contributed by atoms with van der Waals surface area (Å²) < 4.78 is 6.28. The first-order valence-corrected chi connectivity index (χ1v) is 11.4. The maximum atomic E-state index is 13.5. The number of hydrogen-bond donors (Lipinski definition) is 1. The molecule has 0 saturated heterocycles. The van der Waals surface area contributed by atoms with Crippen LogP contribution in [-0.4, -0.2) is 96.1 Å². The van der Waals surface area contributed by atoms with Crippen LogP contribution < -0.4 is 4.74 Å². The van der Waals surface area contributed by atoms with E-state index in [1.807, 2.05) is 38.9 Å². The summed E-state index contributed by atoms with van der Waals surface area (Å²) in [5.41, 5.74) is 2.56. The molecule has 0 saturated carbocycles. The van der Waals surface area contributed by atoms with E-state index in [2.05, 4.69) is 11.1 Å². The van der Waals surface area contributed by atoms with Crippen LogP contribution in [0.3, 0.4) is 0 Å². The Labute approximate surface area is 190 Å². The van der Waals surface area contributed by atoms with Crippen molar-refractivity contribution in [3.63, 3.8) is 0 Å². The van der Waals surface area contributed by atoms with Crippen LogP contribution in [0.2, 0.25) is 0 Å². The monoisotopic (exact) mass is 444 g/mol. The second kappa shape index (κ2) is 10.4. The van der Waals surface area contributed by atoms with E-state index in [1.165, 1.54) is 5.57 Å². The van der Waals surface area contributed by atoms with Crippen molar-refractivity contribution in [2.45, 2.75) is 45.3 Å². The fourth-order valence-corrected chi connectivity index (χ4v) is 4.19. The highest BCUT2D eigenvalue weighted by atomic mass is 16.5. The van der Waals surface area contributed by atoms with E-state index in [4.69, 9.17) is 4.74 Å². The molecular weight excluding hydrogens is 408 g/mol. The van der Waals surface area contributed by atoms with Crippen molar-refractivity contribution in [1.82, 2.24) is 19.7 Å². The van der Waals surface area contributed by atoms with Gasteiger partial charge in [-0.3, -0.25) is 9.59 Å². The second-order valence-electron chi connectivity index (χ2n) is 9.33. The van der Waals surface area contributed by atoms with Gasteiger partial charge < -0.3 is 24.5 Å². The Bertz CT molecular complexity index is 870. The molecule has 3 atom stereocenters. The number of amides is 2. The lowest BCUT2D eigenvalue weighted by molar-refractivity contribution is -0.132. The SMILES string of the molecule is C[C@H]1CN([C@@H](C)CO)C(=O)c2cc(C3=CCCC3)cnc2O[C@H]1CN(C)C(=O)CN(C)C. The molecule has 2 aliphatic rings. The maximum Gasteiger partial charge on any atom is 0.259 e. The normalized spacial score (nSPS) is 22.0. The number of carbonyl (C=O) groups excluding carboxylic acids is 2. The Balaban J connectivity index is 1.94. The Kier molecular flexibility index (Phi) is 7.90. The van der Waals surface area contributed by atoms with Crippen LogP contribution in [0.4, 0.5) is 0 Å². The van der Waals surface area contributed by atoms with Crippen LogP contribution in [-0.2, 0) is 4.79 Å². The van der Waals surface area contributed by atoms with Gasteiger partial charge in [0.2, 0.25) is 11.8 Å². The highest BCUT2D eigenvalue weighted by Crippen LogP contribution is 2.32. The lowest BCUT2D eigenvalue weighted by Crippen LogP contribution is -2.51. The van der Waals surface area contributed by atoms with Crippen LogP contribution in [0.25, 0.3) is 5.57 Å². The fraction of sp³-hybridized carbons (Fsp3) is 0.625. The first-order valence-electron chi connectivity index (χ1n) is 11.4. The highest BCUT2D eigenvalue weighted by Gasteiger charge is 2.35. The zero-order valence-corrected chi connectivity index (χ0v) is 19.9. The van der Waals surface area contributed by atoms with Crippen LogP contribution in [0.1, 0.15) is 49.0 Å².